The highest BCUT2D eigenvalue weighted by molar-refractivity contribution is 8.00. The number of nitrogens with zero attached hydrogens (tertiary/aromatic N) is 1. The second-order valence-electron chi connectivity index (χ2n) is 4.21. The lowest BCUT2D eigenvalue weighted by molar-refractivity contribution is -0.126. The highest BCUT2D eigenvalue weighted by atomic mass is 32.2. The van der Waals surface area contributed by atoms with Crippen LogP contribution in [0.25, 0.3) is 0 Å². The summed E-state index contributed by atoms with van der Waals surface area (Å²) in [6.45, 7) is 6.32. The van der Waals surface area contributed by atoms with Crippen molar-refractivity contribution < 1.29 is 4.79 Å². The zero-order valence-corrected chi connectivity index (χ0v) is 11.1. The average Bonchev–Trinajstić information content (AvgIpc) is 2.35. The number of hydrogen-bond donors (Lipinski definition) is 2. The second kappa shape index (κ2) is 7.14. The van der Waals surface area contributed by atoms with E-state index >= 15 is 0 Å². The second-order valence-corrected chi connectivity index (χ2v) is 5.62. The largest absolute Gasteiger partial charge is 0.293 e. The van der Waals surface area contributed by atoms with E-state index in [2.05, 4.69) is 24.2 Å². The molecule has 1 amide bonds. The van der Waals surface area contributed by atoms with Crippen molar-refractivity contribution in [3.63, 3.8) is 0 Å². The standard InChI is InChI=1S/C11H23N3OS/c1-3-5-10(11(15)13-12)14-6-7-16-9(4-2)8-14/h9-10H,3-8,12H2,1-2H3,(H,13,15). The number of thioether (sulfide) groups is 1. The molecule has 94 valence electrons. The maximum absolute atomic E-state index is 11.7. The Morgan fingerprint density at radius 2 is 2.38 bits per heavy atom. The molecule has 4 nitrogen and oxygen atoms in total. The number of nitrogens with two attached hydrogens (primary N) is 1. The van der Waals surface area contributed by atoms with Crippen LogP contribution in [0.2, 0.25) is 0 Å². The van der Waals surface area contributed by atoms with E-state index in [0.29, 0.717) is 5.25 Å². The first-order chi connectivity index (χ1) is 7.72. The lowest BCUT2D eigenvalue weighted by Gasteiger charge is -2.36. The lowest BCUT2D eigenvalue weighted by atomic mass is 10.1. The molecule has 2 atom stereocenters. The minimum absolute atomic E-state index is 0.0371. The van der Waals surface area contributed by atoms with Crippen molar-refractivity contribution in [3.8, 4) is 0 Å². The summed E-state index contributed by atoms with van der Waals surface area (Å²) >= 11 is 2.02. The highest BCUT2D eigenvalue weighted by Gasteiger charge is 2.29. The van der Waals surface area contributed by atoms with Crippen molar-refractivity contribution in [2.45, 2.75) is 44.4 Å². The molecule has 3 N–H and O–H groups in total. The normalized spacial score (nSPS) is 24.1. The molecule has 1 aliphatic heterocycles. The van der Waals surface area contributed by atoms with Crippen LogP contribution in [0.4, 0.5) is 0 Å². The zero-order valence-electron chi connectivity index (χ0n) is 10.2. The lowest BCUT2D eigenvalue weighted by Crippen LogP contribution is -2.52. The van der Waals surface area contributed by atoms with E-state index in [9.17, 15) is 4.79 Å². The molecule has 1 rings (SSSR count). The molecular weight excluding hydrogens is 222 g/mol. The van der Waals surface area contributed by atoms with Crippen molar-refractivity contribution >= 4 is 17.7 Å². The van der Waals surface area contributed by atoms with Crippen LogP contribution in [0, 0.1) is 0 Å². The minimum Gasteiger partial charge on any atom is -0.293 e. The Morgan fingerprint density at radius 3 is 2.94 bits per heavy atom. The summed E-state index contributed by atoms with van der Waals surface area (Å²) in [5.74, 6) is 6.33. The number of amides is 1. The molecule has 16 heavy (non-hydrogen) atoms. The molecule has 0 aromatic heterocycles. The van der Waals surface area contributed by atoms with Crippen molar-refractivity contribution in [2.24, 2.45) is 5.84 Å². The van der Waals surface area contributed by atoms with E-state index in [-0.39, 0.29) is 11.9 Å². The van der Waals surface area contributed by atoms with E-state index in [1.807, 2.05) is 11.8 Å². The van der Waals surface area contributed by atoms with Crippen LogP contribution in [-0.4, -0.2) is 40.9 Å². The van der Waals surface area contributed by atoms with E-state index in [1.54, 1.807) is 0 Å². The predicted octanol–water partition coefficient (Wildman–Crippen LogP) is 0.972. The summed E-state index contributed by atoms with van der Waals surface area (Å²) in [5.41, 5.74) is 2.29. The first-order valence-corrected chi connectivity index (χ1v) is 7.13. The number of hydrazine groups is 1. The van der Waals surface area contributed by atoms with Crippen LogP contribution in [0.5, 0.6) is 0 Å². The number of nitrogens with one attached hydrogen (secondary N) is 1. The number of carbonyl (C=O) groups is 1. The van der Waals surface area contributed by atoms with Gasteiger partial charge in [0.1, 0.15) is 0 Å². The third-order valence-corrected chi connectivity index (χ3v) is 4.45. The van der Waals surface area contributed by atoms with Crippen LogP contribution in [0.1, 0.15) is 33.1 Å². The first-order valence-electron chi connectivity index (χ1n) is 6.09. The topological polar surface area (TPSA) is 58.4 Å². The van der Waals surface area contributed by atoms with E-state index in [0.717, 1.165) is 31.7 Å². The van der Waals surface area contributed by atoms with Gasteiger partial charge in [0.25, 0.3) is 5.91 Å². The van der Waals surface area contributed by atoms with Gasteiger partial charge >= 0.3 is 0 Å². The molecule has 0 aromatic carbocycles. The van der Waals surface area contributed by atoms with Crippen LogP contribution in [0.15, 0.2) is 0 Å². The fourth-order valence-corrected chi connectivity index (χ4v) is 3.33. The van der Waals surface area contributed by atoms with E-state index < -0.39 is 0 Å². The average molecular weight is 245 g/mol. The summed E-state index contributed by atoms with van der Waals surface area (Å²) in [6.07, 6.45) is 3.08. The summed E-state index contributed by atoms with van der Waals surface area (Å²) in [7, 11) is 0. The molecule has 1 fully saturated rings. The SMILES string of the molecule is CCCC(C(=O)NN)N1CCSC(CC)C1. The van der Waals surface area contributed by atoms with Gasteiger partial charge in [0.2, 0.25) is 0 Å². The Morgan fingerprint density at radius 1 is 1.62 bits per heavy atom. The third kappa shape index (κ3) is 3.64. The van der Waals surface area contributed by atoms with Crippen molar-refractivity contribution in [2.75, 3.05) is 18.8 Å². The van der Waals surface area contributed by atoms with Gasteiger partial charge in [-0.2, -0.15) is 11.8 Å². The fraction of sp³-hybridized carbons (Fsp3) is 0.909. The van der Waals surface area contributed by atoms with Crippen LogP contribution in [-0.2, 0) is 4.79 Å². The smallest absolute Gasteiger partial charge is 0.251 e. The van der Waals surface area contributed by atoms with Gasteiger partial charge in [-0.15, -0.1) is 0 Å². The predicted molar refractivity (Wildman–Crippen MR) is 69.1 cm³/mol. The van der Waals surface area contributed by atoms with Crippen molar-refractivity contribution in [1.29, 1.82) is 0 Å². The Balaban J connectivity index is 2.58. The number of rotatable bonds is 5. The molecule has 0 radical (unpaired) electrons. The monoisotopic (exact) mass is 245 g/mol. The van der Waals surface area contributed by atoms with Gasteiger partial charge in [-0.3, -0.25) is 15.1 Å². The quantitative estimate of drug-likeness (QED) is 0.430. The Hall–Kier alpha value is -0.260. The summed E-state index contributed by atoms with van der Waals surface area (Å²) in [6, 6.07) is -0.0371. The van der Waals surface area contributed by atoms with Crippen LogP contribution < -0.4 is 11.3 Å². The fourth-order valence-electron chi connectivity index (χ4n) is 2.12. The van der Waals surface area contributed by atoms with Gasteiger partial charge in [0, 0.05) is 24.1 Å². The van der Waals surface area contributed by atoms with E-state index in [4.69, 9.17) is 5.84 Å². The van der Waals surface area contributed by atoms with Gasteiger partial charge in [0.05, 0.1) is 6.04 Å². The third-order valence-electron chi connectivity index (χ3n) is 3.07. The number of hydrogen-bond acceptors (Lipinski definition) is 4. The molecule has 2 unspecified atom stereocenters. The summed E-state index contributed by atoms with van der Waals surface area (Å²) in [5, 5.41) is 0.665. The maximum Gasteiger partial charge on any atom is 0.251 e. The maximum atomic E-state index is 11.7. The molecule has 0 spiro atoms. The Labute approximate surface area is 102 Å². The minimum atomic E-state index is -0.0383. The van der Waals surface area contributed by atoms with Gasteiger partial charge < -0.3 is 0 Å². The van der Waals surface area contributed by atoms with Crippen molar-refractivity contribution in [1.82, 2.24) is 10.3 Å². The zero-order chi connectivity index (χ0) is 12.0. The summed E-state index contributed by atoms with van der Waals surface area (Å²) < 4.78 is 0. The van der Waals surface area contributed by atoms with Gasteiger partial charge in [-0.05, 0) is 12.8 Å². The Kier molecular flexibility index (Phi) is 6.16. The van der Waals surface area contributed by atoms with Crippen LogP contribution in [0.3, 0.4) is 0 Å². The van der Waals surface area contributed by atoms with Gasteiger partial charge in [-0.1, -0.05) is 20.3 Å². The van der Waals surface area contributed by atoms with Crippen LogP contribution >= 0.6 is 11.8 Å². The van der Waals surface area contributed by atoms with Gasteiger partial charge in [-0.25, -0.2) is 5.84 Å². The molecule has 1 aliphatic rings. The molecule has 0 aromatic rings. The van der Waals surface area contributed by atoms with Gasteiger partial charge in [0.15, 0.2) is 0 Å². The van der Waals surface area contributed by atoms with E-state index in [1.165, 1.54) is 6.42 Å². The molecule has 0 saturated carbocycles. The molecule has 1 heterocycles. The molecule has 0 bridgehead atoms. The van der Waals surface area contributed by atoms with Crippen molar-refractivity contribution in [3.05, 3.63) is 0 Å². The molecule has 0 aliphatic carbocycles. The highest BCUT2D eigenvalue weighted by Crippen LogP contribution is 2.23. The Bertz CT molecular complexity index is 225. The molecule has 5 heteroatoms. The number of carbonyl (C=O) groups excluding carboxylic acids is 1. The first kappa shape index (κ1) is 13.8. The molecule has 1 saturated heterocycles. The molecular formula is C11H23N3OS. The summed E-state index contributed by atoms with van der Waals surface area (Å²) in [4.78, 5) is 14.0.